The molecule has 0 aromatic carbocycles. The fourth-order valence-corrected chi connectivity index (χ4v) is 3.12. The maximum Gasteiger partial charge on any atom is 0.228 e. The molecule has 0 atom stereocenters. The number of amides is 1. The summed E-state index contributed by atoms with van der Waals surface area (Å²) in [6.45, 7) is 4.15. The Morgan fingerprint density at radius 3 is 2.91 bits per heavy atom. The quantitative estimate of drug-likeness (QED) is 0.918. The van der Waals surface area contributed by atoms with Gasteiger partial charge in [-0.15, -0.1) is 5.10 Å². The average Bonchev–Trinajstić information content (AvgIpc) is 3.09. The largest absolute Gasteiger partial charge is 0.360 e. The fourth-order valence-electron chi connectivity index (χ4n) is 2.51. The second kappa shape index (κ2) is 6.72. The van der Waals surface area contributed by atoms with Crippen molar-refractivity contribution in [1.29, 1.82) is 0 Å². The number of halogens is 1. The lowest BCUT2D eigenvalue weighted by molar-refractivity contribution is -0.121. The molecule has 0 unspecified atom stereocenters. The Bertz CT molecular complexity index is 650. The lowest BCUT2D eigenvalue weighted by atomic mass is 9.96. The second-order valence-electron chi connectivity index (χ2n) is 5.36. The average molecular weight is 342 g/mol. The van der Waals surface area contributed by atoms with E-state index < -0.39 is 0 Å². The van der Waals surface area contributed by atoms with Crippen LogP contribution < -0.4 is 5.32 Å². The van der Waals surface area contributed by atoms with E-state index in [0.29, 0.717) is 22.5 Å². The van der Waals surface area contributed by atoms with Crippen LogP contribution in [0.4, 0.5) is 5.82 Å². The first-order valence-corrected chi connectivity index (χ1v) is 8.20. The van der Waals surface area contributed by atoms with Crippen LogP contribution >= 0.6 is 23.1 Å². The number of aromatic nitrogens is 3. The molecular weight excluding hydrogens is 326 g/mol. The summed E-state index contributed by atoms with van der Waals surface area (Å²) in [7, 11) is 0. The highest BCUT2D eigenvalue weighted by Gasteiger charge is 2.26. The van der Waals surface area contributed by atoms with E-state index >= 15 is 0 Å². The molecule has 1 aliphatic heterocycles. The van der Waals surface area contributed by atoms with Crippen molar-refractivity contribution in [3.63, 3.8) is 0 Å². The van der Waals surface area contributed by atoms with Crippen LogP contribution in [0.1, 0.15) is 24.3 Å². The van der Waals surface area contributed by atoms with Crippen LogP contribution in [0.5, 0.6) is 0 Å². The van der Waals surface area contributed by atoms with Crippen molar-refractivity contribution in [2.24, 2.45) is 5.92 Å². The molecule has 1 N–H and O–H groups in total. The third-order valence-electron chi connectivity index (χ3n) is 3.72. The zero-order valence-corrected chi connectivity index (χ0v) is 13.7. The summed E-state index contributed by atoms with van der Waals surface area (Å²) in [4.78, 5) is 14.4. The van der Waals surface area contributed by atoms with E-state index in [1.807, 2.05) is 0 Å². The molecule has 0 bridgehead atoms. The van der Waals surface area contributed by atoms with Crippen LogP contribution in [0.3, 0.4) is 0 Å². The maximum atomic E-state index is 12.2. The monoisotopic (exact) mass is 341 g/mol. The molecule has 3 rings (SSSR count). The number of hydrogen-bond acceptors (Lipinski definition) is 7. The van der Waals surface area contributed by atoms with Crippen molar-refractivity contribution in [3.8, 4) is 0 Å². The molecule has 7 nitrogen and oxygen atoms in total. The molecular formula is C13H16ClN5O2S. The van der Waals surface area contributed by atoms with E-state index in [-0.39, 0.29) is 11.8 Å². The molecule has 0 spiro atoms. The first-order valence-electron chi connectivity index (χ1n) is 7.05. The third kappa shape index (κ3) is 3.63. The number of carbonyl (C=O) groups excluding carboxylic acids is 1. The van der Waals surface area contributed by atoms with Gasteiger partial charge < -0.3 is 9.84 Å². The summed E-state index contributed by atoms with van der Waals surface area (Å²) in [5.74, 6) is 1.16. The number of hydrogen-bond donors (Lipinski definition) is 1. The molecule has 2 aromatic heterocycles. The Labute approximate surface area is 136 Å². The van der Waals surface area contributed by atoms with E-state index in [1.165, 1.54) is 11.5 Å². The molecule has 3 heterocycles. The van der Waals surface area contributed by atoms with Gasteiger partial charge in [0.25, 0.3) is 0 Å². The van der Waals surface area contributed by atoms with Gasteiger partial charge in [-0.2, -0.15) is 0 Å². The van der Waals surface area contributed by atoms with Crippen molar-refractivity contribution in [2.45, 2.75) is 26.3 Å². The van der Waals surface area contributed by atoms with Crippen molar-refractivity contribution in [3.05, 3.63) is 21.9 Å². The second-order valence-corrected chi connectivity index (χ2v) is 6.71. The summed E-state index contributed by atoms with van der Waals surface area (Å²) in [5, 5.41) is 10.6. The molecule has 22 heavy (non-hydrogen) atoms. The molecule has 1 fully saturated rings. The van der Waals surface area contributed by atoms with Gasteiger partial charge in [0.2, 0.25) is 5.91 Å². The predicted octanol–water partition coefficient (Wildman–Crippen LogP) is 2.34. The van der Waals surface area contributed by atoms with Crippen molar-refractivity contribution < 1.29 is 9.32 Å². The van der Waals surface area contributed by atoms with Crippen molar-refractivity contribution >= 4 is 34.9 Å². The summed E-state index contributed by atoms with van der Waals surface area (Å²) in [5.41, 5.74) is 0.813. The normalized spacial score (nSPS) is 16.8. The molecule has 0 saturated carbocycles. The first-order chi connectivity index (χ1) is 10.6. The molecule has 0 aliphatic carbocycles. The third-order valence-corrected chi connectivity index (χ3v) is 4.70. The summed E-state index contributed by atoms with van der Waals surface area (Å²) >= 11 is 7.22. The maximum absolute atomic E-state index is 12.2. The minimum Gasteiger partial charge on any atom is -0.360 e. The lowest BCUT2D eigenvalue weighted by Crippen LogP contribution is -2.37. The van der Waals surface area contributed by atoms with Crippen molar-refractivity contribution in [1.82, 2.24) is 19.6 Å². The molecule has 1 saturated heterocycles. The Morgan fingerprint density at radius 1 is 1.55 bits per heavy atom. The van der Waals surface area contributed by atoms with Gasteiger partial charge in [0.05, 0.1) is 0 Å². The molecule has 0 radical (unpaired) electrons. The van der Waals surface area contributed by atoms with Gasteiger partial charge in [-0.1, -0.05) is 21.2 Å². The van der Waals surface area contributed by atoms with Crippen LogP contribution in [0, 0.1) is 12.8 Å². The number of carbonyl (C=O) groups is 1. The summed E-state index contributed by atoms with van der Waals surface area (Å²) in [6, 6.07) is 1.71. The molecule has 2 aromatic rings. The zero-order valence-electron chi connectivity index (χ0n) is 12.1. The highest BCUT2D eigenvalue weighted by atomic mass is 35.5. The minimum atomic E-state index is -0.00251. The minimum absolute atomic E-state index is 0.00121. The Hall–Kier alpha value is -1.51. The number of nitrogens with one attached hydrogen (secondary N) is 1. The number of anilines is 1. The van der Waals surface area contributed by atoms with Gasteiger partial charge >= 0.3 is 0 Å². The van der Waals surface area contributed by atoms with E-state index in [4.69, 9.17) is 16.1 Å². The van der Waals surface area contributed by atoms with Gasteiger partial charge in [-0.25, -0.2) is 0 Å². The van der Waals surface area contributed by atoms with Crippen molar-refractivity contribution in [2.75, 3.05) is 18.4 Å². The topological polar surface area (TPSA) is 84.2 Å². The Kier molecular flexibility index (Phi) is 4.70. The smallest absolute Gasteiger partial charge is 0.228 e. The van der Waals surface area contributed by atoms with E-state index in [9.17, 15) is 4.79 Å². The fraction of sp³-hybridized carbons (Fsp3) is 0.538. The number of rotatable bonds is 4. The number of aryl methyl sites for hydroxylation is 1. The van der Waals surface area contributed by atoms with E-state index in [0.717, 1.165) is 31.6 Å². The van der Waals surface area contributed by atoms with Crippen LogP contribution in [0.2, 0.25) is 4.34 Å². The van der Waals surface area contributed by atoms with Gasteiger partial charge in [0, 0.05) is 30.1 Å². The number of piperidine rings is 1. The summed E-state index contributed by atoms with van der Waals surface area (Å²) < 4.78 is 9.41. The molecule has 9 heteroatoms. The Morgan fingerprint density at radius 2 is 2.32 bits per heavy atom. The Balaban J connectivity index is 1.49. The van der Waals surface area contributed by atoms with E-state index in [1.54, 1.807) is 13.0 Å². The van der Waals surface area contributed by atoms with Crippen LogP contribution in [-0.4, -0.2) is 38.6 Å². The van der Waals surface area contributed by atoms with Gasteiger partial charge in [-0.05, 0) is 32.9 Å². The van der Waals surface area contributed by atoms with Crippen LogP contribution in [-0.2, 0) is 11.3 Å². The first kappa shape index (κ1) is 15.4. The van der Waals surface area contributed by atoms with E-state index in [2.05, 4.69) is 25.0 Å². The molecule has 1 amide bonds. The van der Waals surface area contributed by atoms with Crippen LogP contribution in [0.15, 0.2) is 10.6 Å². The van der Waals surface area contributed by atoms with Crippen LogP contribution in [0.25, 0.3) is 0 Å². The number of nitrogens with zero attached hydrogens (tertiary/aromatic N) is 4. The highest BCUT2D eigenvalue weighted by molar-refractivity contribution is 7.10. The molecule has 118 valence electrons. The SMILES string of the molecule is Cc1cc(NC(=O)C2CCN(Cc3nnsc3Cl)CC2)no1. The van der Waals surface area contributed by atoms with Gasteiger partial charge in [0.1, 0.15) is 15.8 Å². The summed E-state index contributed by atoms with van der Waals surface area (Å²) in [6.07, 6.45) is 1.61. The number of likely N-dealkylation sites (tertiary alicyclic amines) is 1. The predicted molar refractivity (Wildman–Crippen MR) is 82.8 cm³/mol. The van der Waals surface area contributed by atoms with Gasteiger partial charge in [-0.3, -0.25) is 9.69 Å². The standard InChI is InChI=1S/C13H16ClN5O2S/c1-8-6-11(17-21-8)15-13(20)9-2-4-19(5-3-9)7-10-12(14)22-18-16-10/h6,9H,2-5,7H2,1H3,(H,15,17,20). The van der Waals surface area contributed by atoms with Gasteiger partial charge in [0.15, 0.2) is 5.82 Å². The molecule has 1 aliphatic rings. The zero-order chi connectivity index (χ0) is 15.5. The highest BCUT2D eigenvalue weighted by Crippen LogP contribution is 2.23. The lowest BCUT2D eigenvalue weighted by Gasteiger charge is -2.30.